The van der Waals surface area contributed by atoms with Crippen molar-refractivity contribution in [3.8, 4) is 0 Å². The number of ether oxygens (including phenoxy) is 2. The van der Waals surface area contributed by atoms with Gasteiger partial charge in [-0.3, -0.25) is 10.1 Å². The monoisotopic (exact) mass is 254 g/mol. The maximum absolute atomic E-state index is 10.8. The average Bonchev–Trinajstić information content (AvgIpc) is 2.66. The van der Waals surface area contributed by atoms with Crippen LogP contribution in [0.2, 0.25) is 0 Å². The summed E-state index contributed by atoms with van der Waals surface area (Å²) in [5.41, 5.74) is -0.157. The molecule has 0 aliphatic carbocycles. The second kappa shape index (κ2) is 4.83. The Hall–Kier alpha value is -1.80. The Bertz CT molecular complexity index is 451. The quantitative estimate of drug-likeness (QED) is 0.630. The molecule has 2 rings (SSSR count). The van der Waals surface area contributed by atoms with Crippen molar-refractivity contribution in [2.24, 2.45) is 0 Å². The summed E-state index contributed by atoms with van der Waals surface area (Å²) in [6.45, 7) is 4.47. The predicted octanol–water partition coefficient (Wildman–Crippen LogP) is 0.948. The van der Waals surface area contributed by atoms with E-state index >= 15 is 0 Å². The van der Waals surface area contributed by atoms with Gasteiger partial charge >= 0.3 is 5.69 Å². The minimum atomic E-state index is -0.607. The second-order valence-electron chi connectivity index (χ2n) is 4.35. The molecule has 0 unspecified atom stereocenters. The molecule has 0 aromatic carbocycles. The Morgan fingerprint density at radius 3 is 3.06 bits per heavy atom. The van der Waals surface area contributed by atoms with Crippen LogP contribution in [0, 0.1) is 10.1 Å². The number of anilines is 1. The highest BCUT2D eigenvalue weighted by atomic mass is 16.7. The lowest BCUT2D eigenvalue weighted by atomic mass is 10.3. The third-order valence-corrected chi connectivity index (χ3v) is 2.45. The van der Waals surface area contributed by atoms with Crippen molar-refractivity contribution in [2.45, 2.75) is 25.7 Å². The topological polar surface area (TPSA) is 99.4 Å². The zero-order chi connectivity index (χ0) is 13.2. The van der Waals surface area contributed by atoms with Gasteiger partial charge in [-0.05, 0) is 13.8 Å². The van der Waals surface area contributed by atoms with E-state index in [0.29, 0.717) is 13.2 Å². The predicted molar refractivity (Wildman–Crippen MR) is 62.1 cm³/mol. The van der Waals surface area contributed by atoms with Crippen molar-refractivity contribution in [1.29, 1.82) is 0 Å². The fourth-order valence-corrected chi connectivity index (χ4v) is 1.67. The van der Waals surface area contributed by atoms with Crippen molar-refractivity contribution < 1.29 is 14.4 Å². The van der Waals surface area contributed by atoms with Crippen molar-refractivity contribution in [3.05, 3.63) is 22.6 Å². The van der Waals surface area contributed by atoms with Crippen LogP contribution in [-0.2, 0) is 9.47 Å². The van der Waals surface area contributed by atoms with Gasteiger partial charge in [0.15, 0.2) is 5.79 Å². The maximum Gasteiger partial charge on any atom is 0.329 e. The standard InChI is InChI=1S/C10H14N4O4/c1-10(2)17-5-7(18-10)3-12-9-8(14(15)16)4-11-6-13-9/h4,6-7H,3,5H2,1-2H3,(H,11,12,13)/t7-/m0/s1. The fourth-order valence-electron chi connectivity index (χ4n) is 1.67. The van der Waals surface area contributed by atoms with E-state index in [2.05, 4.69) is 15.3 Å². The largest absolute Gasteiger partial charge is 0.362 e. The summed E-state index contributed by atoms with van der Waals surface area (Å²) in [4.78, 5) is 17.7. The van der Waals surface area contributed by atoms with Crippen molar-refractivity contribution in [1.82, 2.24) is 9.97 Å². The number of nitro groups is 1. The van der Waals surface area contributed by atoms with Crippen LogP contribution in [0.15, 0.2) is 12.5 Å². The minimum absolute atomic E-state index is 0.157. The molecule has 1 saturated heterocycles. The molecule has 18 heavy (non-hydrogen) atoms. The van der Waals surface area contributed by atoms with E-state index in [1.807, 2.05) is 13.8 Å². The summed E-state index contributed by atoms with van der Waals surface area (Å²) in [5.74, 6) is -0.424. The summed E-state index contributed by atoms with van der Waals surface area (Å²) in [6, 6.07) is 0. The normalized spacial score (nSPS) is 21.8. The highest BCUT2D eigenvalue weighted by molar-refractivity contribution is 5.53. The molecule has 1 aliphatic heterocycles. The summed E-state index contributed by atoms with van der Waals surface area (Å²) in [6.07, 6.45) is 2.26. The molecule has 1 aromatic rings. The molecule has 1 fully saturated rings. The van der Waals surface area contributed by atoms with Gasteiger partial charge in [0.05, 0.1) is 11.5 Å². The number of aromatic nitrogens is 2. The number of hydrogen-bond acceptors (Lipinski definition) is 7. The third-order valence-electron chi connectivity index (χ3n) is 2.45. The smallest absolute Gasteiger partial charge is 0.329 e. The lowest BCUT2D eigenvalue weighted by molar-refractivity contribution is -0.384. The van der Waals surface area contributed by atoms with Gasteiger partial charge in [0, 0.05) is 6.54 Å². The van der Waals surface area contributed by atoms with E-state index in [1.54, 1.807) is 0 Å². The van der Waals surface area contributed by atoms with E-state index < -0.39 is 10.7 Å². The second-order valence-corrected chi connectivity index (χ2v) is 4.35. The first-order valence-corrected chi connectivity index (χ1v) is 5.48. The van der Waals surface area contributed by atoms with Crippen LogP contribution in [0.5, 0.6) is 0 Å². The van der Waals surface area contributed by atoms with Gasteiger partial charge in [-0.2, -0.15) is 0 Å². The number of rotatable bonds is 4. The molecular weight excluding hydrogens is 240 g/mol. The van der Waals surface area contributed by atoms with Gasteiger partial charge in [-0.15, -0.1) is 0 Å². The Balaban J connectivity index is 1.97. The molecule has 8 nitrogen and oxygen atoms in total. The van der Waals surface area contributed by atoms with E-state index in [4.69, 9.17) is 9.47 Å². The molecule has 1 aromatic heterocycles. The molecule has 8 heteroatoms. The molecule has 0 radical (unpaired) electrons. The number of hydrogen-bond donors (Lipinski definition) is 1. The molecule has 0 spiro atoms. The highest BCUT2D eigenvalue weighted by Crippen LogP contribution is 2.24. The van der Waals surface area contributed by atoms with Gasteiger partial charge in [0.2, 0.25) is 5.82 Å². The van der Waals surface area contributed by atoms with Crippen LogP contribution in [0.4, 0.5) is 11.5 Å². The van der Waals surface area contributed by atoms with Crippen LogP contribution in [0.3, 0.4) is 0 Å². The van der Waals surface area contributed by atoms with Crippen molar-refractivity contribution in [2.75, 3.05) is 18.5 Å². The van der Waals surface area contributed by atoms with Crippen LogP contribution in [-0.4, -0.2) is 39.9 Å². The fraction of sp³-hybridized carbons (Fsp3) is 0.600. The summed E-state index contributed by atoms with van der Waals surface area (Å²) in [5, 5.41) is 13.6. The lowest BCUT2D eigenvalue weighted by Crippen LogP contribution is -2.26. The molecule has 1 atom stereocenters. The molecule has 1 aliphatic rings. The number of nitrogens with one attached hydrogen (secondary N) is 1. The molecule has 0 saturated carbocycles. The zero-order valence-corrected chi connectivity index (χ0v) is 10.1. The van der Waals surface area contributed by atoms with Gasteiger partial charge in [-0.25, -0.2) is 9.97 Å². The summed E-state index contributed by atoms with van der Waals surface area (Å²) in [7, 11) is 0. The first-order valence-electron chi connectivity index (χ1n) is 5.48. The van der Waals surface area contributed by atoms with E-state index in [1.165, 1.54) is 6.33 Å². The van der Waals surface area contributed by atoms with Crippen molar-refractivity contribution >= 4 is 11.5 Å². The zero-order valence-electron chi connectivity index (χ0n) is 10.1. The van der Waals surface area contributed by atoms with E-state index in [9.17, 15) is 10.1 Å². The van der Waals surface area contributed by atoms with Crippen LogP contribution >= 0.6 is 0 Å². The first kappa shape index (κ1) is 12.7. The molecule has 1 N–H and O–H groups in total. The van der Waals surface area contributed by atoms with Crippen LogP contribution in [0.1, 0.15) is 13.8 Å². The Morgan fingerprint density at radius 2 is 2.44 bits per heavy atom. The van der Waals surface area contributed by atoms with Gasteiger partial charge in [0.25, 0.3) is 0 Å². The minimum Gasteiger partial charge on any atom is -0.362 e. The van der Waals surface area contributed by atoms with Gasteiger partial charge in [-0.1, -0.05) is 0 Å². The van der Waals surface area contributed by atoms with Crippen molar-refractivity contribution in [3.63, 3.8) is 0 Å². The lowest BCUT2D eigenvalue weighted by Gasteiger charge is -2.17. The van der Waals surface area contributed by atoms with Crippen LogP contribution in [0.25, 0.3) is 0 Å². The summed E-state index contributed by atoms with van der Waals surface area (Å²) >= 11 is 0. The Labute approximate surface area is 103 Å². The van der Waals surface area contributed by atoms with E-state index in [-0.39, 0.29) is 17.6 Å². The molecule has 98 valence electrons. The SMILES string of the molecule is CC1(C)OC[C@H](CNc2ncncc2[N+](=O)[O-])O1. The van der Waals surface area contributed by atoms with Gasteiger partial charge in [0.1, 0.15) is 18.6 Å². The first-order chi connectivity index (χ1) is 8.48. The van der Waals surface area contributed by atoms with Crippen LogP contribution < -0.4 is 5.32 Å². The van der Waals surface area contributed by atoms with Gasteiger partial charge < -0.3 is 14.8 Å². The third kappa shape index (κ3) is 2.90. The Morgan fingerprint density at radius 1 is 1.67 bits per heavy atom. The molecule has 2 heterocycles. The summed E-state index contributed by atoms with van der Waals surface area (Å²) < 4.78 is 11.0. The molecule has 0 amide bonds. The highest BCUT2D eigenvalue weighted by Gasteiger charge is 2.32. The molecular formula is C10H14N4O4. The van der Waals surface area contributed by atoms with E-state index in [0.717, 1.165) is 6.20 Å². The Kier molecular flexibility index (Phi) is 3.39. The molecule has 0 bridgehead atoms. The maximum atomic E-state index is 10.8. The number of nitrogens with zero attached hydrogens (tertiary/aromatic N) is 3. The average molecular weight is 254 g/mol.